The Kier molecular flexibility index (Phi) is 4.34. The lowest BCUT2D eigenvalue weighted by molar-refractivity contribution is -0.136. The summed E-state index contributed by atoms with van der Waals surface area (Å²) in [5.74, 6) is 0.298. The van der Waals surface area contributed by atoms with E-state index in [1.54, 1.807) is 24.0 Å². The van der Waals surface area contributed by atoms with Crippen LogP contribution in [0.2, 0.25) is 0 Å². The number of likely N-dealkylation sites (tertiary alicyclic amines) is 1. The van der Waals surface area contributed by atoms with Crippen LogP contribution in [0.1, 0.15) is 30.7 Å². The lowest BCUT2D eigenvalue weighted by Crippen LogP contribution is -2.43. The van der Waals surface area contributed by atoms with Gasteiger partial charge in [0.25, 0.3) is 0 Å². The van der Waals surface area contributed by atoms with Crippen LogP contribution in [0.4, 0.5) is 0 Å². The largest absolute Gasteiger partial charge is 0.340 e. The Balaban J connectivity index is 1.61. The van der Waals surface area contributed by atoms with Gasteiger partial charge in [0.1, 0.15) is 12.7 Å². The number of thiophene rings is 1. The van der Waals surface area contributed by atoms with E-state index in [-0.39, 0.29) is 17.9 Å². The number of hydrogen-bond acceptors (Lipinski definition) is 4. The zero-order valence-corrected chi connectivity index (χ0v) is 13.0. The molecule has 2 aromatic heterocycles. The van der Waals surface area contributed by atoms with Crippen LogP contribution < -0.4 is 0 Å². The van der Waals surface area contributed by atoms with Gasteiger partial charge < -0.3 is 4.90 Å². The van der Waals surface area contributed by atoms with Gasteiger partial charge in [0.15, 0.2) is 0 Å². The molecule has 0 aliphatic carbocycles. The molecule has 112 valence electrons. The number of rotatable bonds is 4. The molecule has 5 nitrogen and oxygen atoms in total. The Hall–Kier alpha value is -1.69. The highest BCUT2D eigenvalue weighted by Crippen LogP contribution is 2.23. The van der Waals surface area contributed by atoms with Crippen molar-refractivity contribution in [2.45, 2.75) is 32.2 Å². The van der Waals surface area contributed by atoms with Gasteiger partial charge in [0, 0.05) is 23.9 Å². The molecule has 0 bridgehead atoms. The van der Waals surface area contributed by atoms with Crippen LogP contribution in [0.5, 0.6) is 0 Å². The highest BCUT2D eigenvalue weighted by atomic mass is 32.1. The third-order valence-electron chi connectivity index (χ3n) is 4.03. The Morgan fingerprint density at radius 1 is 1.57 bits per heavy atom. The van der Waals surface area contributed by atoms with Crippen molar-refractivity contribution in [3.05, 3.63) is 35.0 Å². The molecule has 1 fully saturated rings. The van der Waals surface area contributed by atoms with Crippen LogP contribution in [-0.4, -0.2) is 38.7 Å². The number of carbonyl (C=O) groups is 1. The zero-order valence-electron chi connectivity index (χ0n) is 12.2. The molecule has 1 saturated heterocycles. The summed E-state index contributed by atoms with van der Waals surface area (Å²) in [6, 6.07) is 4.40. The summed E-state index contributed by atoms with van der Waals surface area (Å²) < 4.78 is 1.88. The Morgan fingerprint density at radius 3 is 3.19 bits per heavy atom. The first kappa shape index (κ1) is 14.3. The molecular weight excluding hydrogens is 284 g/mol. The maximum Gasteiger partial charge on any atom is 0.225 e. The van der Waals surface area contributed by atoms with Gasteiger partial charge >= 0.3 is 0 Å². The van der Waals surface area contributed by atoms with Gasteiger partial charge in [-0.05, 0) is 30.7 Å². The second-order valence-electron chi connectivity index (χ2n) is 5.64. The van der Waals surface area contributed by atoms with E-state index >= 15 is 0 Å². The van der Waals surface area contributed by atoms with Crippen LogP contribution in [0.3, 0.4) is 0 Å². The van der Waals surface area contributed by atoms with E-state index in [1.807, 2.05) is 22.6 Å². The molecule has 6 heteroatoms. The van der Waals surface area contributed by atoms with Crippen molar-refractivity contribution in [2.24, 2.45) is 5.92 Å². The first-order valence-electron chi connectivity index (χ1n) is 7.39. The number of aromatic nitrogens is 3. The maximum absolute atomic E-state index is 12.6. The van der Waals surface area contributed by atoms with Crippen molar-refractivity contribution >= 4 is 17.2 Å². The van der Waals surface area contributed by atoms with Crippen LogP contribution in [0, 0.1) is 5.92 Å². The third kappa shape index (κ3) is 3.32. The zero-order chi connectivity index (χ0) is 14.7. The second-order valence-corrected chi connectivity index (χ2v) is 6.67. The molecule has 1 amide bonds. The molecule has 0 aromatic carbocycles. The van der Waals surface area contributed by atoms with Crippen molar-refractivity contribution in [3.8, 4) is 0 Å². The number of carbonyl (C=O) groups excluding carboxylic acids is 1. The van der Waals surface area contributed by atoms with E-state index in [4.69, 9.17) is 0 Å². The van der Waals surface area contributed by atoms with Crippen molar-refractivity contribution < 1.29 is 4.79 Å². The van der Waals surface area contributed by atoms with Crippen LogP contribution in [0.25, 0.3) is 0 Å². The van der Waals surface area contributed by atoms with Crippen molar-refractivity contribution in [3.63, 3.8) is 0 Å². The van der Waals surface area contributed by atoms with E-state index in [0.29, 0.717) is 0 Å². The molecule has 21 heavy (non-hydrogen) atoms. The average molecular weight is 304 g/mol. The average Bonchev–Trinajstić information content (AvgIpc) is 3.20. The summed E-state index contributed by atoms with van der Waals surface area (Å²) in [5, 5.41) is 6.27. The lowest BCUT2D eigenvalue weighted by atomic mass is 10.0. The first-order valence-corrected chi connectivity index (χ1v) is 8.27. The summed E-state index contributed by atoms with van der Waals surface area (Å²) in [6.45, 7) is 3.64. The van der Waals surface area contributed by atoms with Gasteiger partial charge in [-0.3, -0.25) is 4.79 Å². The minimum atomic E-state index is 0.0400. The molecular formula is C15H20N4OS. The van der Waals surface area contributed by atoms with Gasteiger partial charge in [0.05, 0.1) is 6.04 Å². The van der Waals surface area contributed by atoms with Crippen LogP contribution in [-0.2, 0) is 11.2 Å². The molecule has 0 unspecified atom stereocenters. The minimum Gasteiger partial charge on any atom is -0.340 e. The quantitative estimate of drug-likeness (QED) is 0.871. The summed E-state index contributed by atoms with van der Waals surface area (Å²) in [5.41, 5.74) is 0. The number of nitrogens with zero attached hydrogens (tertiary/aromatic N) is 4. The van der Waals surface area contributed by atoms with Gasteiger partial charge in [0.2, 0.25) is 5.91 Å². The molecule has 3 rings (SSSR count). The number of piperidine rings is 1. The highest BCUT2D eigenvalue weighted by molar-refractivity contribution is 7.09. The summed E-state index contributed by atoms with van der Waals surface area (Å²) in [7, 11) is 0. The molecule has 0 spiro atoms. The van der Waals surface area contributed by atoms with E-state index in [0.717, 1.165) is 32.4 Å². The topological polar surface area (TPSA) is 51.0 Å². The van der Waals surface area contributed by atoms with Crippen molar-refractivity contribution in [1.29, 1.82) is 0 Å². The molecule has 0 radical (unpaired) electrons. The molecule has 2 aromatic rings. The smallest absolute Gasteiger partial charge is 0.225 e. The molecule has 0 N–H and O–H groups in total. The SMILES string of the molecule is C[C@@H](Cc1cccs1)C(=O)N1CCC[C@H](n2cncn2)C1. The van der Waals surface area contributed by atoms with Crippen molar-refractivity contribution in [1.82, 2.24) is 19.7 Å². The van der Waals surface area contributed by atoms with E-state index in [9.17, 15) is 4.79 Å². The monoisotopic (exact) mass is 304 g/mol. The standard InChI is InChI=1S/C15H20N4OS/c1-12(8-14-5-3-7-21-14)15(20)18-6-2-4-13(9-18)19-11-16-10-17-19/h3,5,7,10-13H,2,4,6,8-9H2,1H3/t12-,13-/m0/s1. The molecule has 1 aliphatic rings. The van der Waals surface area contributed by atoms with Crippen molar-refractivity contribution in [2.75, 3.05) is 13.1 Å². The Bertz CT molecular complexity index is 567. The maximum atomic E-state index is 12.6. The molecule has 1 aliphatic heterocycles. The lowest BCUT2D eigenvalue weighted by Gasteiger charge is -2.34. The first-order chi connectivity index (χ1) is 10.2. The number of amides is 1. The Labute approximate surface area is 128 Å². The van der Waals surface area contributed by atoms with E-state index < -0.39 is 0 Å². The van der Waals surface area contributed by atoms with Gasteiger partial charge in [-0.15, -0.1) is 11.3 Å². The predicted molar refractivity (Wildman–Crippen MR) is 82.1 cm³/mol. The van der Waals surface area contributed by atoms with Gasteiger partial charge in [-0.25, -0.2) is 9.67 Å². The third-order valence-corrected chi connectivity index (χ3v) is 4.93. The van der Waals surface area contributed by atoms with Crippen LogP contribution >= 0.6 is 11.3 Å². The van der Waals surface area contributed by atoms with E-state index in [1.165, 1.54) is 4.88 Å². The fourth-order valence-electron chi connectivity index (χ4n) is 2.91. The summed E-state index contributed by atoms with van der Waals surface area (Å²) in [6.07, 6.45) is 6.23. The van der Waals surface area contributed by atoms with E-state index in [2.05, 4.69) is 21.5 Å². The second kappa shape index (κ2) is 6.39. The molecule has 3 heterocycles. The Morgan fingerprint density at radius 2 is 2.48 bits per heavy atom. The normalized spacial score (nSPS) is 20.4. The predicted octanol–water partition coefficient (Wildman–Crippen LogP) is 2.38. The van der Waals surface area contributed by atoms with Gasteiger partial charge in [-0.1, -0.05) is 13.0 Å². The molecule has 2 atom stereocenters. The molecule has 0 saturated carbocycles. The number of hydrogen-bond donors (Lipinski definition) is 0. The van der Waals surface area contributed by atoms with Gasteiger partial charge in [-0.2, -0.15) is 5.10 Å². The minimum absolute atomic E-state index is 0.0400. The summed E-state index contributed by atoms with van der Waals surface area (Å²) >= 11 is 1.72. The van der Waals surface area contributed by atoms with Crippen LogP contribution in [0.15, 0.2) is 30.2 Å². The highest BCUT2D eigenvalue weighted by Gasteiger charge is 2.28. The fourth-order valence-corrected chi connectivity index (χ4v) is 3.74. The summed E-state index contributed by atoms with van der Waals surface area (Å²) in [4.78, 5) is 19.9. The fraction of sp³-hybridized carbons (Fsp3) is 0.533.